The van der Waals surface area contributed by atoms with Gasteiger partial charge in [0.1, 0.15) is 12.7 Å². The summed E-state index contributed by atoms with van der Waals surface area (Å²) in [6.45, 7) is 2.64. The van der Waals surface area contributed by atoms with E-state index in [1.165, 1.54) is 0 Å². The molecule has 0 fully saturated rings. The minimum Gasteiger partial charge on any atom is -0.388 e. The molecule has 92 valence electrons. The Hall–Kier alpha value is -0.330. The smallest absolute Gasteiger partial charge is 0.388 e. The van der Waals surface area contributed by atoms with Crippen molar-refractivity contribution in [3.63, 3.8) is 0 Å². The van der Waals surface area contributed by atoms with E-state index in [9.17, 15) is 13.2 Å². The van der Waals surface area contributed by atoms with Crippen LogP contribution in [0, 0.1) is 5.92 Å². The Morgan fingerprint density at radius 3 is 2.07 bits per heavy atom. The predicted molar refractivity (Wildman–Crippen MR) is 48.5 cm³/mol. The second kappa shape index (κ2) is 7.03. The Morgan fingerprint density at radius 1 is 1.07 bits per heavy atom. The zero-order chi connectivity index (χ0) is 11.9. The molecule has 15 heavy (non-hydrogen) atoms. The molecule has 6 heteroatoms. The van der Waals surface area contributed by atoms with Gasteiger partial charge in [-0.1, -0.05) is 13.8 Å². The first-order chi connectivity index (χ1) is 6.81. The van der Waals surface area contributed by atoms with Crippen LogP contribution in [-0.2, 0) is 9.47 Å². The first kappa shape index (κ1) is 14.7. The normalized spacial score (nSPS) is 14.6. The van der Waals surface area contributed by atoms with Gasteiger partial charge in [-0.3, -0.25) is 0 Å². The molecule has 0 aromatic rings. The molecule has 3 nitrogen and oxygen atoms in total. The van der Waals surface area contributed by atoms with Crippen molar-refractivity contribution >= 4 is 0 Å². The Bertz CT molecular complexity index is 159. The van der Waals surface area contributed by atoms with Crippen molar-refractivity contribution in [3.05, 3.63) is 0 Å². The zero-order valence-electron chi connectivity index (χ0n) is 8.88. The molecule has 0 aromatic heterocycles. The fourth-order valence-electron chi connectivity index (χ4n) is 0.799. The molecule has 0 bridgehead atoms. The third-order valence-corrected chi connectivity index (χ3v) is 1.34. The maximum absolute atomic E-state index is 11.6. The zero-order valence-corrected chi connectivity index (χ0v) is 8.88. The van der Waals surface area contributed by atoms with E-state index < -0.39 is 18.9 Å². The van der Waals surface area contributed by atoms with E-state index in [-0.39, 0.29) is 13.2 Å². The summed E-state index contributed by atoms with van der Waals surface area (Å²) >= 11 is 0. The van der Waals surface area contributed by atoms with Crippen molar-refractivity contribution in [2.24, 2.45) is 5.92 Å². The lowest BCUT2D eigenvalue weighted by Crippen LogP contribution is -2.26. The lowest BCUT2D eigenvalue weighted by atomic mass is 10.2. The monoisotopic (exact) mass is 230 g/mol. The van der Waals surface area contributed by atoms with Crippen LogP contribution < -0.4 is 0 Å². The second-order valence-electron chi connectivity index (χ2n) is 3.72. The molecule has 0 aromatic carbocycles. The van der Waals surface area contributed by atoms with Crippen molar-refractivity contribution < 1.29 is 27.8 Å². The Kier molecular flexibility index (Phi) is 6.87. The summed E-state index contributed by atoms with van der Waals surface area (Å²) in [7, 11) is 0. The van der Waals surface area contributed by atoms with E-state index >= 15 is 0 Å². The number of aliphatic hydroxyl groups excluding tert-OH is 1. The molecule has 0 saturated carbocycles. The van der Waals surface area contributed by atoms with Crippen LogP contribution in [0.3, 0.4) is 0 Å². The Balaban J connectivity index is 3.37. The van der Waals surface area contributed by atoms with Crippen LogP contribution in [-0.4, -0.2) is 43.8 Å². The third kappa shape index (κ3) is 11.6. The van der Waals surface area contributed by atoms with Crippen LogP contribution >= 0.6 is 0 Å². The lowest BCUT2D eigenvalue weighted by molar-refractivity contribution is -0.180. The largest absolute Gasteiger partial charge is 0.411 e. The van der Waals surface area contributed by atoms with Crippen molar-refractivity contribution in [1.82, 2.24) is 0 Å². The quantitative estimate of drug-likeness (QED) is 0.722. The van der Waals surface area contributed by atoms with Gasteiger partial charge in [-0.2, -0.15) is 13.2 Å². The van der Waals surface area contributed by atoms with Gasteiger partial charge >= 0.3 is 6.18 Å². The highest BCUT2D eigenvalue weighted by Crippen LogP contribution is 2.14. The lowest BCUT2D eigenvalue weighted by Gasteiger charge is -2.13. The highest BCUT2D eigenvalue weighted by Gasteiger charge is 2.27. The molecule has 0 heterocycles. The van der Waals surface area contributed by atoms with E-state index in [0.29, 0.717) is 12.5 Å². The molecular formula is C9H17F3O3. The van der Waals surface area contributed by atoms with Crippen molar-refractivity contribution in [3.8, 4) is 0 Å². The van der Waals surface area contributed by atoms with Crippen LogP contribution in [0.25, 0.3) is 0 Å². The molecule has 0 rings (SSSR count). The fourth-order valence-corrected chi connectivity index (χ4v) is 0.799. The van der Waals surface area contributed by atoms with Crippen molar-refractivity contribution in [2.45, 2.75) is 26.1 Å². The first-order valence-corrected chi connectivity index (χ1v) is 4.71. The van der Waals surface area contributed by atoms with Gasteiger partial charge in [-0.05, 0) is 5.92 Å². The number of halogens is 3. The Labute approximate surface area is 87.2 Å². The molecule has 1 atom stereocenters. The summed E-state index contributed by atoms with van der Waals surface area (Å²) in [6.07, 6.45) is -5.36. The average molecular weight is 230 g/mol. The number of alkyl halides is 3. The van der Waals surface area contributed by atoms with Gasteiger partial charge in [-0.15, -0.1) is 0 Å². The topological polar surface area (TPSA) is 38.7 Å². The van der Waals surface area contributed by atoms with Crippen molar-refractivity contribution in [1.29, 1.82) is 0 Å². The summed E-state index contributed by atoms with van der Waals surface area (Å²) in [4.78, 5) is 0. The number of hydrogen-bond donors (Lipinski definition) is 1. The third-order valence-electron chi connectivity index (χ3n) is 1.34. The summed E-state index contributed by atoms with van der Waals surface area (Å²) in [5.41, 5.74) is 0. The van der Waals surface area contributed by atoms with Gasteiger partial charge in [0.25, 0.3) is 0 Å². The molecule has 0 aliphatic carbocycles. The predicted octanol–water partition coefficient (Wildman–Crippen LogP) is 1.60. The maximum atomic E-state index is 11.6. The van der Waals surface area contributed by atoms with E-state index in [1.807, 2.05) is 13.8 Å². The van der Waals surface area contributed by atoms with Crippen LogP contribution in [0.1, 0.15) is 13.8 Å². The number of aliphatic hydroxyl groups is 1. The van der Waals surface area contributed by atoms with Crippen LogP contribution in [0.5, 0.6) is 0 Å². The highest BCUT2D eigenvalue weighted by molar-refractivity contribution is 4.54. The van der Waals surface area contributed by atoms with Gasteiger partial charge in [0.15, 0.2) is 0 Å². The molecule has 0 aliphatic heterocycles. The molecule has 0 amide bonds. The van der Waals surface area contributed by atoms with Gasteiger partial charge < -0.3 is 14.6 Å². The first-order valence-electron chi connectivity index (χ1n) is 4.71. The summed E-state index contributed by atoms with van der Waals surface area (Å²) in [5, 5.41) is 9.14. The standard InChI is InChI=1S/C9H17F3O3/c1-7(2)3-14-4-8(13)5-15-6-9(10,11)12/h7-8,13H,3-6H2,1-2H3/t8-/m1/s1. The SMILES string of the molecule is CC(C)COC[C@@H](O)COCC(F)(F)F. The minimum atomic E-state index is -4.35. The molecule has 0 unspecified atom stereocenters. The minimum absolute atomic E-state index is 0.00393. The molecule has 0 aliphatic rings. The molecular weight excluding hydrogens is 213 g/mol. The summed E-state index contributed by atoms with van der Waals surface area (Å²) in [6, 6.07) is 0. The van der Waals surface area contributed by atoms with E-state index in [2.05, 4.69) is 4.74 Å². The van der Waals surface area contributed by atoms with Crippen LogP contribution in [0.4, 0.5) is 13.2 Å². The maximum Gasteiger partial charge on any atom is 0.411 e. The number of hydrogen-bond acceptors (Lipinski definition) is 3. The van der Waals surface area contributed by atoms with Gasteiger partial charge in [0.2, 0.25) is 0 Å². The number of rotatable bonds is 7. The van der Waals surface area contributed by atoms with Gasteiger partial charge in [0.05, 0.1) is 13.2 Å². The summed E-state index contributed by atoms with van der Waals surface area (Å²) in [5.74, 6) is 0.327. The van der Waals surface area contributed by atoms with Gasteiger partial charge in [0, 0.05) is 6.61 Å². The van der Waals surface area contributed by atoms with E-state index in [1.54, 1.807) is 0 Å². The average Bonchev–Trinajstić information content (AvgIpc) is 2.00. The van der Waals surface area contributed by atoms with Crippen LogP contribution in [0.15, 0.2) is 0 Å². The van der Waals surface area contributed by atoms with Gasteiger partial charge in [-0.25, -0.2) is 0 Å². The fraction of sp³-hybridized carbons (Fsp3) is 1.00. The second-order valence-corrected chi connectivity index (χ2v) is 3.72. The molecule has 0 radical (unpaired) electrons. The van der Waals surface area contributed by atoms with E-state index in [0.717, 1.165) is 0 Å². The number of ether oxygens (including phenoxy) is 2. The molecule has 0 spiro atoms. The highest BCUT2D eigenvalue weighted by atomic mass is 19.4. The molecule has 0 saturated heterocycles. The summed E-state index contributed by atoms with van der Waals surface area (Å²) < 4.78 is 44.2. The Morgan fingerprint density at radius 2 is 1.60 bits per heavy atom. The molecule has 1 N–H and O–H groups in total. The van der Waals surface area contributed by atoms with Crippen molar-refractivity contribution in [2.75, 3.05) is 26.4 Å². The van der Waals surface area contributed by atoms with E-state index in [4.69, 9.17) is 9.84 Å². The van der Waals surface area contributed by atoms with Crippen LogP contribution in [0.2, 0.25) is 0 Å².